The first-order valence-electron chi connectivity index (χ1n) is 7.02. The minimum absolute atomic E-state index is 0.0231. The van der Waals surface area contributed by atoms with E-state index in [1.807, 2.05) is 0 Å². The highest BCUT2D eigenvalue weighted by Gasteiger charge is 2.14. The van der Waals surface area contributed by atoms with Gasteiger partial charge in [-0.3, -0.25) is 14.9 Å². The van der Waals surface area contributed by atoms with E-state index in [0.29, 0.717) is 11.3 Å². The molecule has 0 aliphatic carbocycles. The van der Waals surface area contributed by atoms with Gasteiger partial charge in [-0.2, -0.15) is 0 Å². The largest absolute Gasteiger partial charge is 0.376 e. The number of benzene rings is 2. The summed E-state index contributed by atoms with van der Waals surface area (Å²) in [5.74, 6) is -0.912. The lowest BCUT2D eigenvalue weighted by molar-refractivity contribution is -0.385. The summed E-state index contributed by atoms with van der Waals surface area (Å²) >= 11 is 5.84. The van der Waals surface area contributed by atoms with Crippen LogP contribution in [0.2, 0.25) is 5.02 Å². The maximum atomic E-state index is 13.0. The number of amides is 1. The lowest BCUT2D eigenvalue weighted by Crippen LogP contribution is -2.22. The molecule has 0 saturated heterocycles. The molecular formula is C16H15ClFN3O3. The van der Waals surface area contributed by atoms with Gasteiger partial charge in [0.05, 0.1) is 22.2 Å². The highest BCUT2D eigenvalue weighted by molar-refractivity contribution is 6.33. The topological polar surface area (TPSA) is 84.3 Å². The Bertz CT molecular complexity index is 811. The number of carbonyl (C=O) groups is 1. The predicted octanol–water partition coefficient (Wildman–Crippen LogP) is 4.05. The third-order valence-electron chi connectivity index (χ3n) is 3.38. The molecule has 2 aromatic carbocycles. The van der Waals surface area contributed by atoms with Gasteiger partial charge in [-0.1, -0.05) is 11.6 Å². The van der Waals surface area contributed by atoms with Crippen LogP contribution in [0.3, 0.4) is 0 Å². The molecule has 24 heavy (non-hydrogen) atoms. The highest BCUT2D eigenvalue weighted by Crippen LogP contribution is 2.26. The number of anilines is 2. The summed E-state index contributed by atoms with van der Waals surface area (Å²) in [6.45, 7) is 3.32. The summed E-state index contributed by atoms with van der Waals surface area (Å²) in [6.07, 6.45) is 0. The summed E-state index contributed by atoms with van der Waals surface area (Å²) in [6, 6.07) is 6.70. The molecule has 0 aromatic heterocycles. The molecule has 0 aliphatic heterocycles. The van der Waals surface area contributed by atoms with Crippen molar-refractivity contribution in [2.45, 2.75) is 13.8 Å². The lowest BCUT2D eigenvalue weighted by Gasteiger charge is -2.11. The monoisotopic (exact) mass is 351 g/mol. The van der Waals surface area contributed by atoms with Crippen LogP contribution in [0.15, 0.2) is 30.3 Å². The molecule has 0 fully saturated rings. The van der Waals surface area contributed by atoms with Gasteiger partial charge in [0.15, 0.2) is 0 Å². The molecule has 2 N–H and O–H groups in total. The van der Waals surface area contributed by atoms with Crippen LogP contribution in [0.1, 0.15) is 11.1 Å². The second-order valence-corrected chi connectivity index (χ2v) is 5.64. The summed E-state index contributed by atoms with van der Waals surface area (Å²) in [5.41, 5.74) is 2.09. The average Bonchev–Trinajstić information content (AvgIpc) is 2.49. The molecule has 0 saturated carbocycles. The van der Waals surface area contributed by atoms with E-state index in [1.54, 1.807) is 19.9 Å². The first kappa shape index (κ1) is 17.7. The summed E-state index contributed by atoms with van der Waals surface area (Å²) in [4.78, 5) is 22.5. The molecule has 2 aromatic rings. The summed E-state index contributed by atoms with van der Waals surface area (Å²) in [7, 11) is 0. The molecule has 0 heterocycles. The number of hydrogen-bond acceptors (Lipinski definition) is 4. The van der Waals surface area contributed by atoms with Gasteiger partial charge in [0.1, 0.15) is 5.82 Å². The van der Waals surface area contributed by atoms with E-state index in [1.165, 1.54) is 18.2 Å². The van der Waals surface area contributed by atoms with Crippen LogP contribution in [0, 0.1) is 29.8 Å². The molecule has 8 heteroatoms. The molecule has 126 valence electrons. The second-order valence-electron chi connectivity index (χ2n) is 5.24. The fraction of sp³-hybridized carbons (Fsp3) is 0.188. The van der Waals surface area contributed by atoms with Crippen molar-refractivity contribution in [2.24, 2.45) is 0 Å². The maximum absolute atomic E-state index is 13.0. The number of nitrogens with zero attached hydrogens (tertiary/aromatic N) is 1. The Morgan fingerprint density at radius 1 is 1.21 bits per heavy atom. The number of rotatable bonds is 5. The van der Waals surface area contributed by atoms with Crippen molar-refractivity contribution < 1.29 is 14.1 Å². The number of nitro benzene ring substituents is 1. The Morgan fingerprint density at radius 3 is 2.54 bits per heavy atom. The van der Waals surface area contributed by atoms with Crippen LogP contribution in [0.5, 0.6) is 0 Å². The molecular weight excluding hydrogens is 337 g/mol. The normalized spacial score (nSPS) is 10.3. The van der Waals surface area contributed by atoms with E-state index in [4.69, 9.17) is 11.6 Å². The minimum Gasteiger partial charge on any atom is -0.376 e. The number of carbonyl (C=O) groups excluding carboxylic acids is 1. The van der Waals surface area contributed by atoms with E-state index in [2.05, 4.69) is 10.6 Å². The number of aryl methyl sites for hydroxylation is 2. The van der Waals surface area contributed by atoms with Crippen molar-refractivity contribution in [3.8, 4) is 0 Å². The average molecular weight is 352 g/mol. The molecule has 0 bridgehead atoms. The van der Waals surface area contributed by atoms with Crippen molar-refractivity contribution in [1.82, 2.24) is 0 Å². The van der Waals surface area contributed by atoms with Crippen LogP contribution >= 0.6 is 11.6 Å². The molecule has 0 atom stereocenters. The molecule has 6 nitrogen and oxygen atoms in total. The third-order valence-corrected chi connectivity index (χ3v) is 3.70. The van der Waals surface area contributed by atoms with Gasteiger partial charge in [0, 0.05) is 17.3 Å². The summed E-state index contributed by atoms with van der Waals surface area (Å²) < 4.78 is 13.0. The molecule has 0 unspecified atom stereocenters. The molecule has 0 aliphatic rings. The Kier molecular flexibility index (Phi) is 5.35. The third kappa shape index (κ3) is 4.20. The van der Waals surface area contributed by atoms with Crippen molar-refractivity contribution in [2.75, 3.05) is 17.2 Å². The van der Waals surface area contributed by atoms with Crippen LogP contribution in [-0.4, -0.2) is 17.4 Å². The van der Waals surface area contributed by atoms with E-state index < -0.39 is 16.6 Å². The van der Waals surface area contributed by atoms with Crippen LogP contribution < -0.4 is 10.6 Å². The van der Waals surface area contributed by atoms with Gasteiger partial charge in [-0.05, 0) is 43.7 Å². The zero-order chi connectivity index (χ0) is 17.9. The van der Waals surface area contributed by atoms with Gasteiger partial charge in [-0.25, -0.2) is 4.39 Å². The Hall–Kier alpha value is -2.67. The number of nitro groups is 1. The fourth-order valence-electron chi connectivity index (χ4n) is 2.19. The second kappa shape index (κ2) is 7.27. The summed E-state index contributed by atoms with van der Waals surface area (Å²) in [5, 5.41) is 16.5. The van der Waals surface area contributed by atoms with Crippen molar-refractivity contribution in [1.29, 1.82) is 0 Å². The van der Waals surface area contributed by atoms with Crippen LogP contribution in [0.4, 0.5) is 21.5 Å². The Morgan fingerprint density at radius 2 is 1.92 bits per heavy atom. The smallest absolute Gasteiger partial charge is 0.274 e. The molecule has 2 rings (SSSR count). The first-order chi connectivity index (χ1) is 11.3. The minimum atomic E-state index is -0.501. The van der Waals surface area contributed by atoms with Gasteiger partial charge in [0.25, 0.3) is 5.69 Å². The van der Waals surface area contributed by atoms with Gasteiger partial charge in [-0.15, -0.1) is 0 Å². The fourth-order valence-corrected chi connectivity index (χ4v) is 2.40. The standard InChI is InChI=1S/C16H15ClFN3O3/c1-9-5-10(2)15(21(23)24)7-14(9)19-8-16(22)20-13-4-3-11(18)6-12(13)17/h3-7,19H,8H2,1-2H3,(H,20,22). The quantitative estimate of drug-likeness (QED) is 0.628. The van der Waals surface area contributed by atoms with E-state index in [-0.39, 0.29) is 22.9 Å². The van der Waals surface area contributed by atoms with Crippen molar-refractivity contribution >= 4 is 34.6 Å². The zero-order valence-corrected chi connectivity index (χ0v) is 13.8. The maximum Gasteiger partial charge on any atom is 0.274 e. The molecule has 0 spiro atoms. The van der Waals surface area contributed by atoms with E-state index >= 15 is 0 Å². The predicted molar refractivity (Wildman–Crippen MR) is 91.1 cm³/mol. The van der Waals surface area contributed by atoms with E-state index in [0.717, 1.165) is 11.6 Å². The Balaban J connectivity index is 2.06. The van der Waals surface area contributed by atoms with Crippen LogP contribution in [0.25, 0.3) is 0 Å². The van der Waals surface area contributed by atoms with Crippen molar-refractivity contribution in [3.63, 3.8) is 0 Å². The van der Waals surface area contributed by atoms with Gasteiger partial charge >= 0.3 is 0 Å². The highest BCUT2D eigenvalue weighted by atomic mass is 35.5. The Labute approximate surface area is 142 Å². The van der Waals surface area contributed by atoms with Crippen LogP contribution in [-0.2, 0) is 4.79 Å². The van der Waals surface area contributed by atoms with Crippen molar-refractivity contribution in [3.05, 3.63) is 62.4 Å². The van der Waals surface area contributed by atoms with E-state index in [9.17, 15) is 19.3 Å². The molecule has 0 radical (unpaired) electrons. The number of nitrogens with one attached hydrogen (secondary N) is 2. The van der Waals surface area contributed by atoms with Gasteiger partial charge < -0.3 is 10.6 Å². The molecule has 1 amide bonds. The van der Waals surface area contributed by atoms with Gasteiger partial charge in [0.2, 0.25) is 5.91 Å². The zero-order valence-electron chi connectivity index (χ0n) is 13.0. The SMILES string of the molecule is Cc1cc(C)c([N+](=O)[O-])cc1NCC(=O)Nc1ccc(F)cc1Cl. The first-order valence-corrected chi connectivity index (χ1v) is 7.40. The lowest BCUT2D eigenvalue weighted by atomic mass is 10.1. The number of halogens is 2. The number of hydrogen-bond donors (Lipinski definition) is 2.